The maximum absolute atomic E-state index is 11.3. The quantitative estimate of drug-likeness (QED) is 0.519. The zero-order valence-corrected chi connectivity index (χ0v) is 12.8. The zero-order chi connectivity index (χ0) is 15.0. The number of rotatable bonds is 7. The molecule has 0 saturated carbocycles. The number of halogens is 1. The minimum absolute atomic E-state index is 0.221. The monoisotopic (exact) mass is 343 g/mol. The molecule has 0 aliphatic heterocycles. The number of carbonyl (C=O) groups excluding carboxylic acids is 1. The first-order chi connectivity index (χ1) is 9.56. The number of aliphatic hydroxyl groups excluding tert-OH is 2. The second-order valence-electron chi connectivity index (χ2n) is 4.03. The molecule has 6 heteroatoms. The van der Waals surface area contributed by atoms with Crippen molar-refractivity contribution in [3.63, 3.8) is 0 Å². The summed E-state index contributed by atoms with van der Waals surface area (Å²) >= 11 is 3.36. The summed E-state index contributed by atoms with van der Waals surface area (Å²) in [7, 11) is 0. The number of nitrogens with one attached hydrogen (secondary N) is 1. The van der Waals surface area contributed by atoms with Gasteiger partial charge in [0, 0.05) is 22.8 Å². The Hall–Kier alpha value is -1.37. The summed E-state index contributed by atoms with van der Waals surface area (Å²) in [6.07, 6.45) is 2.15. The van der Waals surface area contributed by atoms with Gasteiger partial charge in [-0.25, -0.2) is 4.79 Å². The minimum atomic E-state index is -0.833. The van der Waals surface area contributed by atoms with E-state index in [-0.39, 0.29) is 13.2 Å². The van der Waals surface area contributed by atoms with Gasteiger partial charge in [0.1, 0.15) is 0 Å². The molecule has 0 amide bonds. The Kier molecular flexibility index (Phi) is 7.28. The number of aliphatic hydroxyl groups is 2. The molecule has 1 aromatic carbocycles. The Morgan fingerprint density at radius 1 is 1.55 bits per heavy atom. The van der Waals surface area contributed by atoms with Gasteiger partial charge < -0.3 is 20.3 Å². The van der Waals surface area contributed by atoms with Crippen molar-refractivity contribution in [1.29, 1.82) is 0 Å². The summed E-state index contributed by atoms with van der Waals surface area (Å²) in [6.45, 7) is 1.99. The lowest BCUT2D eigenvalue weighted by atomic mass is 10.1. The smallest absolute Gasteiger partial charge is 0.330 e. The van der Waals surface area contributed by atoms with Gasteiger partial charge in [0.15, 0.2) is 0 Å². The van der Waals surface area contributed by atoms with Gasteiger partial charge in [0.05, 0.1) is 19.3 Å². The molecular weight excluding hydrogens is 326 g/mol. The number of hydrogen-bond acceptors (Lipinski definition) is 5. The standard InChI is InChI=1S/C14H18BrNO4/c1-2-20-14(19)6-3-10-7-11(15)4-5-13(10)16-8-12(18)9-17/h3-7,12,16-18H,2,8-9H2,1H3. The Morgan fingerprint density at radius 2 is 2.30 bits per heavy atom. The van der Waals surface area contributed by atoms with Gasteiger partial charge in [-0.1, -0.05) is 15.9 Å². The molecule has 110 valence electrons. The molecule has 0 aromatic heterocycles. The maximum atomic E-state index is 11.3. The molecular formula is C14H18BrNO4. The van der Waals surface area contributed by atoms with Crippen molar-refractivity contribution in [3.8, 4) is 0 Å². The van der Waals surface area contributed by atoms with Crippen LogP contribution < -0.4 is 5.32 Å². The van der Waals surface area contributed by atoms with Gasteiger partial charge in [-0.3, -0.25) is 0 Å². The molecule has 5 nitrogen and oxygen atoms in total. The van der Waals surface area contributed by atoms with Gasteiger partial charge in [0.2, 0.25) is 0 Å². The van der Waals surface area contributed by atoms with Crippen molar-refractivity contribution in [2.24, 2.45) is 0 Å². The molecule has 0 saturated heterocycles. The minimum Gasteiger partial charge on any atom is -0.463 e. The number of ether oxygens (including phenoxy) is 1. The maximum Gasteiger partial charge on any atom is 0.330 e. The third-order valence-electron chi connectivity index (χ3n) is 2.44. The molecule has 1 rings (SSSR count). The predicted octanol–water partition coefficient (Wildman–Crippen LogP) is 1.79. The van der Waals surface area contributed by atoms with Gasteiger partial charge in [-0.15, -0.1) is 0 Å². The number of carbonyl (C=O) groups is 1. The van der Waals surface area contributed by atoms with Crippen molar-refractivity contribution in [2.75, 3.05) is 25.1 Å². The van der Waals surface area contributed by atoms with E-state index in [4.69, 9.17) is 9.84 Å². The van der Waals surface area contributed by atoms with E-state index in [9.17, 15) is 9.90 Å². The van der Waals surface area contributed by atoms with Crippen LogP contribution in [0.25, 0.3) is 6.08 Å². The lowest BCUT2D eigenvalue weighted by molar-refractivity contribution is -0.137. The zero-order valence-electron chi connectivity index (χ0n) is 11.2. The van der Waals surface area contributed by atoms with E-state index in [1.807, 2.05) is 18.2 Å². The van der Waals surface area contributed by atoms with Crippen LogP contribution in [0.15, 0.2) is 28.7 Å². The van der Waals surface area contributed by atoms with Crippen LogP contribution >= 0.6 is 15.9 Å². The topological polar surface area (TPSA) is 78.8 Å². The second-order valence-corrected chi connectivity index (χ2v) is 4.95. The van der Waals surface area contributed by atoms with Gasteiger partial charge in [-0.05, 0) is 36.8 Å². The van der Waals surface area contributed by atoms with E-state index in [1.165, 1.54) is 6.08 Å². The van der Waals surface area contributed by atoms with Gasteiger partial charge >= 0.3 is 5.97 Å². The van der Waals surface area contributed by atoms with E-state index in [0.717, 1.165) is 15.7 Å². The number of hydrogen-bond donors (Lipinski definition) is 3. The first-order valence-corrected chi connectivity index (χ1v) is 7.03. The van der Waals surface area contributed by atoms with Crippen molar-refractivity contribution < 1.29 is 19.7 Å². The SMILES string of the molecule is CCOC(=O)C=Cc1cc(Br)ccc1NCC(O)CO. The molecule has 0 aliphatic carbocycles. The average Bonchev–Trinajstić information content (AvgIpc) is 2.44. The molecule has 0 bridgehead atoms. The fourth-order valence-corrected chi connectivity index (χ4v) is 1.85. The van der Waals surface area contributed by atoms with Crippen molar-refractivity contribution in [1.82, 2.24) is 0 Å². The summed E-state index contributed by atoms with van der Waals surface area (Å²) in [4.78, 5) is 11.3. The molecule has 20 heavy (non-hydrogen) atoms. The number of esters is 1. The van der Waals surface area contributed by atoms with E-state index in [2.05, 4.69) is 21.2 Å². The summed E-state index contributed by atoms with van der Waals surface area (Å²) < 4.78 is 5.69. The molecule has 3 N–H and O–H groups in total. The summed E-state index contributed by atoms with van der Waals surface area (Å²) in [5.41, 5.74) is 1.53. The summed E-state index contributed by atoms with van der Waals surface area (Å²) in [6, 6.07) is 5.50. The van der Waals surface area contributed by atoms with Crippen LogP contribution in [-0.4, -0.2) is 42.0 Å². The normalized spacial score (nSPS) is 12.4. The Labute approximate surface area is 126 Å². The van der Waals surface area contributed by atoms with Crippen molar-refractivity contribution in [2.45, 2.75) is 13.0 Å². The lowest BCUT2D eigenvalue weighted by Gasteiger charge is -2.13. The number of anilines is 1. The third kappa shape index (κ3) is 5.73. The van der Waals surface area contributed by atoms with Crippen molar-refractivity contribution in [3.05, 3.63) is 34.3 Å². The Balaban J connectivity index is 2.82. The summed E-state index contributed by atoms with van der Waals surface area (Å²) in [5.74, 6) is -0.409. The van der Waals surface area contributed by atoms with Crippen LogP contribution in [0.3, 0.4) is 0 Å². The van der Waals surface area contributed by atoms with E-state index in [1.54, 1.807) is 13.0 Å². The number of benzene rings is 1. The molecule has 1 unspecified atom stereocenters. The van der Waals surface area contributed by atoms with Crippen LogP contribution in [0.1, 0.15) is 12.5 Å². The molecule has 0 fully saturated rings. The molecule has 1 atom stereocenters. The van der Waals surface area contributed by atoms with Crippen LogP contribution in [-0.2, 0) is 9.53 Å². The molecule has 0 aliphatic rings. The molecule has 0 heterocycles. The Morgan fingerprint density at radius 3 is 2.95 bits per heavy atom. The molecule has 0 radical (unpaired) electrons. The highest BCUT2D eigenvalue weighted by Crippen LogP contribution is 2.22. The van der Waals surface area contributed by atoms with E-state index < -0.39 is 12.1 Å². The second kappa shape index (κ2) is 8.73. The average molecular weight is 344 g/mol. The predicted molar refractivity (Wildman–Crippen MR) is 81.4 cm³/mol. The highest BCUT2D eigenvalue weighted by molar-refractivity contribution is 9.10. The van der Waals surface area contributed by atoms with Gasteiger partial charge in [0.25, 0.3) is 0 Å². The highest BCUT2D eigenvalue weighted by atomic mass is 79.9. The molecule has 1 aromatic rings. The summed E-state index contributed by atoms with van der Waals surface area (Å²) in [5, 5.41) is 21.1. The van der Waals surface area contributed by atoms with Gasteiger partial charge in [-0.2, -0.15) is 0 Å². The fourth-order valence-electron chi connectivity index (χ4n) is 1.47. The van der Waals surface area contributed by atoms with E-state index >= 15 is 0 Å². The third-order valence-corrected chi connectivity index (χ3v) is 2.93. The van der Waals surface area contributed by atoms with Crippen LogP contribution in [0.4, 0.5) is 5.69 Å². The Bertz CT molecular complexity index is 476. The highest BCUT2D eigenvalue weighted by Gasteiger charge is 2.05. The van der Waals surface area contributed by atoms with E-state index in [0.29, 0.717) is 6.61 Å². The lowest BCUT2D eigenvalue weighted by Crippen LogP contribution is -2.23. The van der Waals surface area contributed by atoms with Crippen molar-refractivity contribution >= 4 is 33.7 Å². The first kappa shape index (κ1) is 16.7. The van der Waals surface area contributed by atoms with Crippen LogP contribution in [0.5, 0.6) is 0 Å². The fraction of sp³-hybridized carbons (Fsp3) is 0.357. The molecule has 0 spiro atoms. The van der Waals surface area contributed by atoms with Crippen LogP contribution in [0, 0.1) is 0 Å². The first-order valence-electron chi connectivity index (χ1n) is 6.24. The largest absolute Gasteiger partial charge is 0.463 e. The van der Waals surface area contributed by atoms with Crippen LogP contribution in [0.2, 0.25) is 0 Å².